The van der Waals surface area contributed by atoms with Crippen LogP contribution in [0.15, 0.2) is 11.4 Å². The molecule has 5 heteroatoms. The smallest absolute Gasteiger partial charge is 0.267 e. The lowest BCUT2D eigenvalue weighted by atomic mass is 10.1. The molecule has 1 amide bonds. The molecule has 4 nitrogen and oxygen atoms in total. The van der Waals surface area contributed by atoms with Crippen LogP contribution < -0.4 is 10.1 Å². The molecule has 18 heavy (non-hydrogen) atoms. The quantitative estimate of drug-likeness (QED) is 0.886. The molecule has 2 saturated heterocycles. The Morgan fingerprint density at radius 3 is 3.11 bits per heavy atom. The van der Waals surface area contributed by atoms with Crippen LogP contribution in [-0.2, 0) is 0 Å². The van der Waals surface area contributed by atoms with Crippen LogP contribution in [0.3, 0.4) is 0 Å². The minimum absolute atomic E-state index is 0.121. The second-order valence-electron chi connectivity index (χ2n) is 5.00. The summed E-state index contributed by atoms with van der Waals surface area (Å²) in [6.45, 7) is 1.68. The van der Waals surface area contributed by atoms with Gasteiger partial charge >= 0.3 is 0 Å². The number of amides is 1. The average Bonchev–Trinajstić information content (AvgIpc) is 2.94. The van der Waals surface area contributed by atoms with Gasteiger partial charge in [0.1, 0.15) is 10.6 Å². The molecular weight excluding hydrogens is 248 g/mol. The Bertz CT molecular complexity index is 446. The van der Waals surface area contributed by atoms with Gasteiger partial charge in [0, 0.05) is 25.2 Å². The maximum Gasteiger partial charge on any atom is 0.267 e. The zero-order valence-electron chi connectivity index (χ0n) is 10.5. The van der Waals surface area contributed by atoms with Gasteiger partial charge in [-0.05, 0) is 30.7 Å². The molecule has 0 radical (unpaired) electrons. The van der Waals surface area contributed by atoms with E-state index in [9.17, 15) is 4.79 Å². The Labute approximate surface area is 111 Å². The molecule has 1 N–H and O–H groups in total. The van der Waals surface area contributed by atoms with E-state index < -0.39 is 0 Å². The first-order chi connectivity index (χ1) is 8.78. The number of hydrogen-bond acceptors (Lipinski definition) is 4. The third-order valence-corrected chi connectivity index (χ3v) is 4.74. The van der Waals surface area contributed by atoms with Crippen molar-refractivity contribution in [2.24, 2.45) is 0 Å². The van der Waals surface area contributed by atoms with Gasteiger partial charge in [0.15, 0.2) is 0 Å². The molecule has 1 aromatic rings. The minimum atomic E-state index is 0.121. The Balaban J connectivity index is 1.76. The number of nitrogens with one attached hydrogen (secondary N) is 1. The standard InChI is InChI=1S/C13H18N2O2S/c1-17-11-5-7-18-12(11)13(16)15-6-4-9-2-3-10(8-15)14-9/h5,7,9-10,14H,2-4,6,8H2,1H3. The highest BCUT2D eigenvalue weighted by Gasteiger charge is 2.32. The maximum absolute atomic E-state index is 12.5. The van der Waals surface area contributed by atoms with Gasteiger partial charge in [0.2, 0.25) is 0 Å². The van der Waals surface area contributed by atoms with E-state index >= 15 is 0 Å². The third-order valence-electron chi connectivity index (χ3n) is 3.85. The summed E-state index contributed by atoms with van der Waals surface area (Å²) >= 11 is 1.47. The summed E-state index contributed by atoms with van der Waals surface area (Å²) in [5.41, 5.74) is 0. The lowest BCUT2D eigenvalue weighted by Gasteiger charge is -2.24. The second kappa shape index (κ2) is 4.90. The van der Waals surface area contributed by atoms with Crippen LogP contribution in [0, 0.1) is 0 Å². The van der Waals surface area contributed by atoms with Crippen molar-refractivity contribution in [3.05, 3.63) is 16.3 Å². The van der Waals surface area contributed by atoms with Crippen molar-refractivity contribution in [2.75, 3.05) is 20.2 Å². The van der Waals surface area contributed by atoms with Gasteiger partial charge in [-0.2, -0.15) is 0 Å². The lowest BCUT2D eigenvalue weighted by Crippen LogP contribution is -2.38. The molecular formula is C13H18N2O2S. The molecule has 2 aliphatic rings. The molecule has 2 aliphatic heterocycles. The van der Waals surface area contributed by atoms with Crippen molar-refractivity contribution < 1.29 is 9.53 Å². The Morgan fingerprint density at radius 1 is 1.44 bits per heavy atom. The summed E-state index contributed by atoms with van der Waals surface area (Å²) in [4.78, 5) is 15.2. The number of thiophene rings is 1. The molecule has 0 spiro atoms. The highest BCUT2D eigenvalue weighted by atomic mass is 32.1. The number of fused-ring (bicyclic) bond motifs is 2. The number of likely N-dealkylation sites (tertiary alicyclic amines) is 1. The molecule has 2 unspecified atom stereocenters. The van der Waals surface area contributed by atoms with Crippen molar-refractivity contribution in [1.29, 1.82) is 0 Å². The van der Waals surface area contributed by atoms with Crippen molar-refractivity contribution in [2.45, 2.75) is 31.3 Å². The molecule has 2 fully saturated rings. The van der Waals surface area contributed by atoms with Crippen LogP contribution in [-0.4, -0.2) is 43.1 Å². The molecule has 0 aliphatic carbocycles. The monoisotopic (exact) mass is 266 g/mol. The fourth-order valence-corrected chi connectivity index (χ4v) is 3.71. The molecule has 98 valence electrons. The minimum Gasteiger partial charge on any atom is -0.495 e. The summed E-state index contributed by atoms with van der Waals surface area (Å²) in [6, 6.07) is 2.95. The van der Waals surface area contributed by atoms with Crippen LogP contribution >= 0.6 is 11.3 Å². The van der Waals surface area contributed by atoms with Crippen LogP contribution in [0.5, 0.6) is 5.75 Å². The van der Waals surface area contributed by atoms with Crippen LogP contribution in [0.1, 0.15) is 28.9 Å². The first kappa shape index (κ1) is 12.0. The van der Waals surface area contributed by atoms with Crippen molar-refractivity contribution in [3.8, 4) is 5.75 Å². The molecule has 2 atom stereocenters. The zero-order valence-corrected chi connectivity index (χ0v) is 11.3. The molecule has 0 aromatic carbocycles. The first-order valence-corrected chi connectivity index (χ1v) is 7.32. The van der Waals surface area contributed by atoms with Gasteiger partial charge in [-0.1, -0.05) is 0 Å². The van der Waals surface area contributed by atoms with E-state index in [2.05, 4.69) is 5.32 Å². The number of nitrogens with zero attached hydrogens (tertiary/aromatic N) is 1. The van der Waals surface area contributed by atoms with Crippen LogP contribution in [0.2, 0.25) is 0 Å². The van der Waals surface area contributed by atoms with E-state index in [4.69, 9.17) is 4.74 Å². The number of methoxy groups -OCH3 is 1. The average molecular weight is 266 g/mol. The van der Waals surface area contributed by atoms with E-state index in [0.717, 1.165) is 24.4 Å². The van der Waals surface area contributed by atoms with E-state index in [-0.39, 0.29) is 5.91 Å². The number of ether oxygens (including phenoxy) is 1. The predicted molar refractivity (Wildman–Crippen MR) is 71.3 cm³/mol. The Hall–Kier alpha value is -1.07. The lowest BCUT2D eigenvalue weighted by molar-refractivity contribution is 0.0750. The summed E-state index contributed by atoms with van der Waals surface area (Å²) in [6.07, 6.45) is 3.51. The fraction of sp³-hybridized carbons (Fsp3) is 0.615. The number of hydrogen-bond donors (Lipinski definition) is 1. The van der Waals surface area contributed by atoms with Gasteiger partial charge in [-0.25, -0.2) is 0 Å². The maximum atomic E-state index is 12.5. The SMILES string of the molecule is COc1ccsc1C(=O)N1CCC2CCC(C1)N2. The van der Waals surface area contributed by atoms with Crippen LogP contribution in [0.25, 0.3) is 0 Å². The second-order valence-corrected chi connectivity index (χ2v) is 5.91. The van der Waals surface area contributed by atoms with Crippen molar-refractivity contribution >= 4 is 17.2 Å². The van der Waals surface area contributed by atoms with Crippen LogP contribution in [0.4, 0.5) is 0 Å². The van der Waals surface area contributed by atoms with Gasteiger partial charge in [0.05, 0.1) is 7.11 Å². The number of carbonyl (C=O) groups excluding carboxylic acids is 1. The topological polar surface area (TPSA) is 41.6 Å². The Morgan fingerprint density at radius 2 is 2.28 bits per heavy atom. The van der Waals surface area contributed by atoms with E-state index in [0.29, 0.717) is 17.8 Å². The molecule has 3 rings (SSSR count). The highest BCUT2D eigenvalue weighted by Crippen LogP contribution is 2.28. The summed E-state index contributed by atoms with van der Waals surface area (Å²) < 4.78 is 5.24. The number of carbonyl (C=O) groups is 1. The molecule has 2 bridgehead atoms. The van der Waals surface area contributed by atoms with Gasteiger partial charge in [-0.15, -0.1) is 11.3 Å². The van der Waals surface area contributed by atoms with Crippen molar-refractivity contribution in [3.63, 3.8) is 0 Å². The summed E-state index contributed by atoms with van der Waals surface area (Å²) in [5, 5.41) is 5.50. The fourth-order valence-electron chi connectivity index (χ4n) is 2.89. The zero-order chi connectivity index (χ0) is 12.5. The normalized spacial score (nSPS) is 27.1. The molecule has 0 saturated carbocycles. The van der Waals surface area contributed by atoms with E-state index in [1.807, 2.05) is 16.3 Å². The molecule has 1 aromatic heterocycles. The number of rotatable bonds is 2. The van der Waals surface area contributed by atoms with E-state index in [1.165, 1.54) is 24.2 Å². The predicted octanol–water partition coefficient (Wildman–Crippen LogP) is 1.72. The van der Waals surface area contributed by atoms with Gasteiger partial charge in [0.25, 0.3) is 5.91 Å². The Kier molecular flexibility index (Phi) is 3.26. The largest absolute Gasteiger partial charge is 0.495 e. The summed E-state index contributed by atoms with van der Waals surface area (Å²) in [5.74, 6) is 0.823. The van der Waals surface area contributed by atoms with Crippen molar-refractivity contribution in [1.82, 2.24) is 10.2 Å². The van der Waals surface area contributed by atoms with Gasteiger partial charge in [-0.3, -0.25) is 4.79 Å². The molecule has 3 heterocycles. The van der Waals surface area contributed by atoms with Gasteiger partial charge < -0.3 is 15.0 Å². The summed E-state index contributed by atoms with van der Waals surface area (Å²) in [7, 11) is 1.62. The van der Waals surface area contributed by atoms with E-state index in [1.54, 1.807) is 7.11 Å². The first-order valence-electron chi connectivity index (χ1n) is 6.44. The highest BCUT2D eigenvalue weighted by molar-refractivity contribution is 7.12. The third kappa shape index (κ3) is 2.12.